The zero-order valence-corrected chi connectivity index (χ0v) is 12.4. The van der Waals surface area contributed by atoms with Gasteiger partial charge in [-0.3, -0.25) is 4.79 Å². The van der Waals surface area contributed by atoms with Crippen LogP contribution in [0.2, 0.25) is 0 Å². The maximum Gasteiger partial charge on any atom is 0.356 e. The zero-order valence-electron chi connectivity index (χ0n) is 12.4. The minimum atomic E-state index is -0.515. The molecule has 1 rings (SSSR count). The predicted octanol–water partition coefficient (Wildman–Crippen LogP) is 3.80. The molecule has 20 heavy (non-hydrogen) atoms. The van der Waals surface area contributed by atoms with Gasteiger partial charge in [0.15, 0.2) is 5.78 Å². The molecule has 0 aliphatic carbocycles. The van der Waals surface area contributed by atoms with Gasteiger partial charge < -0.3 is 4.74 Å². The summed E-state index contributed by atoms with van der Waals surface area (Å²) in [5.74, 6) is -0.523. The van der Waals surface area contributed by atoms with Crippen LogP contribution in [0.25, 0.3) is 0 Å². The van der Waals surface area contributed by atoms with E-state index in [0.29, 0.717) is 12.1 Å². The first-order valence-corrected chi connectivity index (χ1v) is 7.27. The molecule has 0 N–H and O–H groups in total. The molecule has 0 spiro atoms. The summed E-state index contributed by atoms with van der Waals surface area (Å²) in [4.78, 5) is 27.4. The van der Waals surface area contributed by atoms with Crippen LogP contribution in [0.3, 0.4) is 0 Å². The summed E-state index contributed by atoms with van der Waals surface area (Å²) in [6.07, 6.45) is 7.34. The molecule has 0 radical (unpaired) electrons. The lowest BCUT2D eigenvalue weighted by molar-refractivity contribution is 0.0594. The lowest BCUT2D eigenvalue weighted by Gasteiger charge is -2.03. The zero-order chi connectivity index (χ0) is 14.8. The fourth-order valence-corrected chi connectivity index (χ4v) is 2.00. The van der Waals surface area contributed by atoms with Crippen molar-refractivity contribution in [3.8, 4) is 0 Å². The van der Waals surface area contributed by atoms with Gasteiger partial charge in [-0.2, -0.15) is 0 Å². The number of carbonyl (C=O) groups excluding carboxylic acids is 2. The first kappa shape index (κ1) is 16.3. The lowest BCUT2D eigenvalue weighted by atomic mass is 10.1. The number of hydrogen-bond acceptors (Lipinski definition) is 4. The van der Waals surface area contributed by atoms with Crippen LogP contribution in [0.5, 0.6) is 0 Å². The molecule has 0 unspecified atom stereocenters. The maximum atomic E-state index is 12.0. The molecule has 0 amide bonds. The molecule has 0 aliphatic heterocycles. The minimum Gasteiger partial charge on any atom is -0.464 e. The third kappa shape index (κ3) is 5.51. The maximum absolute atomic E-state index is 12.0. The van der Waals surface area contributed by atoms with Gasteiger partial charge >= 0.3 is 5.97 Å². The Morgan fingerprint density at radius 1 is 1.05 bits per heavy atom. The van der Waals surface area contributed by atoms with Crippen LogP contribution in [-0.2, 0) is 4.74 Å². The van der Waals surface area contributed by atoms with E-state index in [0.717, 1.165) is 12.8 Å². The third-order valence-electron chi connectivity index (χ3n) is 3.19. The van der Waals surface area contributed by atoms with Crippen molar-refractivity contribution in [3.63, 3.8) is 0 Å². The highest BCUT2D eigenvalue weighted by Gasteiger charge is 2.12. The normalized spacial score (nSPS) is 10.3. The van der Waals surface area contributed by atoms with E-state index in [2.05, 4.69) is 16.6 Å². The lowest BCUT2D eigenvalue weighted by Crippen LogP contribution is -2.09. The molecule has 0 aromatic carbocycles. The summed E-state index contributed by atoms with van der Waals surface area (Å²) in [7, 11) is 1.30. The Balaban J connectivity index is 2.41. The van der Waals surface area contributed by atoms with Gasteiger partial charge in [-0.05, 0) is 18.6 Å². The molecule has 1 heterocycles. The highest BCUT2D eigenvalue weighted by Crippen LogP contribution is 2.10. The number of carbonyl (C=O) groups is 2. The Kier molecular flexibility index (Phi) is 7.55. The molecule has 0 saturated carbocycles. The standard InChI is InChI=1S/C16H23NO3/c1-3-4-5-6-7-8-12-15(18)13-10-9-11-14(17-13)16(19)20-2/h9-11H,3-8,12H2,1-2H3. The number of rotatable bonds is 9. The number of unbranched alkanes of at least 4 members (excludes halogenated alkanes) is 5. The number of pyridine rings is 1. The molecule has 0 saturated heterocycles. The van der Waals surface area contributed by atoms with Crippen LogP contribution in [-0.4, -0.2) is 23.8 Å². The van der Waals surface area contributed by atoms with Crippen LogP contribution >= 0.6 is 0 Å². The molecule has 0 atom stereocenters. The molecule has 4 nitrogen and oxygen atoms in total. The van der Waals surface area contributed by atoms with Gasteiger partial charge in [0.2, 0.25) is 0 Å². The van der Waals surface area contributed by atoms with E-state index >= 15 is 0 Å². The Hall–Kier alpha value is -1.71. The number of esters is 1. The van der Waals surface area contributed by atoms with E-state index in [1.807, 2.05) is 0 Å². The summed E-state index contributed by atoms with van der Waals surface area (Å²) < 4.78 is 4.59. The molecular weight excluding hydrogens is 254 g/mol. The van der Waals surface area contributed by atoms with Crippen LogP contribution in [0, 0.1) is 0 Å². The van der Waals surface area contributed by atoms with E-state index < -0.39 is 5.97 Å². The molecule has 4 heteroatoms. The van der Waals surface area contributed by atoms with E-state index in [1.54, 1.807) is 18.2 Å². The second-order valence-electron chi connectivity index (χ2n) is 4.84. The Morgan fingerprint density at radius 2 is 1.70 bits per heavy atom. The van der Waals surface area contributed by atoms with Gasteiger partial charge in [0.1, 0.15) is 11.4 Å². The summed E-state index contributed by atoms with van der Waals surface area (Å²) in [6, 6.07) is 4.85. The van der Waals surface area contributed by atoms with Crippen molar-refractivity contribution in [2.24, 2.45) is 0 Å². The number of ketones is 1. The average Bonchev–Trinajstić information content (AvgIpc) is 2.49. The van der Waals surface area contributed by atoms with Crippen molar-refractivity contribution < 1.29 is 14.3 Å². The van der Waals surface area contributed by atoms with Gasteiger partial charge in [0.05, 0.1) is 7.11 Å². The average molecular weight is 277 g/mol. The number of Topliss-reactive ketones (excluding diaryl/α,β-unsaturated/α-hetero) is 1. The number of aromatic nitrogens is 1. The van der Waals surface area contributed by atoms with E-state index in [4.69, 9.17) is 0 Å². The smallest absolute Gasteiger partial charge is 0.356 e. The fraction of sp³-hybridized carbons (Fsp3) is 0.562. The van der Waals surface area contributed by atoms with Crippen molar-refractivity contribution in [1.29, 1.82) is 0 Å². The summed E-state index contributed by atoms with van der Waals surface area (Å²) in [6.45, 7) is 2.18. The first-order chi connectivity index (χ1) is 9.69. The largest absolute Gasteiger partial charge is 0.464 e. The van der Waals surface area contributed by atoms with E-state index in [9.17, 15) is 9.59 Å². The summed E-state index contributed by atoms with van der Waals surface area (Å²) >= 11 is 0. The van der Waals surface area contributed by atoms with E-state index in [-0.39, 0.29) is 11.5 Å². The van der Waals surface area contributed by atoms with Crippen LogP contribution in [0.1, 0.15) is 72.8 Å². The molecule has 110 valence electrons. The van der Waals surface area contributed by atoms with Crippen LogP contribution in [0.4, 0.5) is 0 Å². The van der Waals surface area contributed by atoms with Crippen LogP contribution < -0.4 is 0 Å². The minimum absolute atomic E-state index is 0.00811. The molecule has 1 aromatic rings. The monoisotopic (exact) mass is 277 g/mol. The topological polar surface area (TPSA) is 56.3 Å². The van der Waals surface area contributed by atoms with Gasteiger partial charge in [-0.1, -0.05) is 45.1 Å². The van der Waals surface area contributed by atoms with Crippen molar-refractivity contribution in [2.45, 2.75) is 51.9 Å². The molecule has 1 aromatic heterocycles. The van der Waals surface area contributed by atoms with E-state index in [1.165, 1.54) is 32.8 Å². The molecule has 0 fully saturated rings. The molecule has 0 bridgehead atoms. The van der Waals surface area contributed by atoms with Crippen molar-refractivity contribution in [2.75, 3.05) is 7.11 Å². The third-order valence-corrected chi connectivity index (χ3v) is 3.19. The summed E-state index contributed by atoms with van der Waals surface area (Å²) in [5, 5.41) is 0. The number of ether oxygens (including phenoxy) is 1. The number of methoxy groups -OCH3 is 1. The van der Waals surface area contributed by atoms with Crippen molar-refractivity contribution in [1.82, 2.24) is 4.98 Å². The number of nitrogens with zero attached hydrogens (tertiary/aromatic N) is 1. The molecular formula is C16H23NO3. The fourth-order valence-electron chi connectivity index (χ4n) is 2.00. The second-order valence-corrected chi connectivity index (χ2v) is 4.84. The van der Waals surface area contributed by atoms with Gasteiger partial charge in [0, 0.05) is 6.42 Å². The predicted molar refractivity (Wildman–Crippen MR) is 77.9 cm³/mol. The van der Waals surface area contributed by atoms with Gasteiger partial charge in [-0.25, -0.2) is 9.78 Å². The first-order valence-electron chi connectivity index (χ1n) is 7.27. The Morgan fingerprint density at radius 3 is 2.40 bits per heavy atom. The van der Waals surface area contributed by atoms with Gasteiger partial charge in [-0.15, -0.1) is 0 Å². The second kappa shape index (κ2) is 9.23. The van der Waals surface area contributed by atoms with Crippen molar-refractivity contribution >= 4 is 11.8 Å². The summed E-state index contributed by atoms with van der Waals surface area (Å²) in [5.41, 5.74) is 0.530. The molecule has 0 aliphatic rings. The quantitative estimate of drug-likeness (QED) is 0.391. The van der Waals surface area contributed by atoms with Crippen molar-refractivity contribution in [3.05, 3.63) is 29.6 Å². The van der Waals surface area contributed by atoms with Crippen LogP contribution in [0.15, 0.2) is 18.2 Å². The Labute approximate surface area is 120 Å². The Bertz CT molecular complexity index is 443. The number of hydrogen-bond donors (Lipinski definition) is 0. The highest BCUT2D eigenvalue weighted by molar-refractivity contribution is 5.95. The highest BCUT2D eigenvalue weighted by atomic mass is 16.5. The SMILES string of the molecule is CCCCCCCCC(=O)c1cccc(C(=O)OC)n1. The van der Waals surface area contributed by atoms with Gasteiger partial charge in [0.25, 0.3) is 0 Å².